The van der Waals surface area contributed by atoms with Crippen LogP contribution in [0.5, 0.6) is 0 Å². The molecule has 0 N–H and O–H groups in total. The molecule has 4 aromatic rings. The van der Waals surface area contributed by atoms with Gasteiger partial charge < -0.3 is 0 Å². The number of hydrogen-bond acceptors (Lipinski definition) is 1. The van der Waals surface area contributed by atoms with Gasteiger partial charge in [0.25, 0.3) is 0 Å². The quantitative estimate of drug-likeness (QED) is 0.406. The molecule has 0 saturated heterocycles. The highest BCUT2D eigenvalue weighted by Gasteiger charge is 2.14. The van der Waals surface area contributed by atoms with Crippen LogP contribution in [0.25, 0.3) is 10.8 Å². The van der Waals surface area contributed by atoms with Crippen molar-refractivity contribution in [2.24, 2.45) is 4.99 Å². The summed E-state index contributed by atoms with van der Waals surface area (Å²) in [5.41, 5.74) is 3.55. The van der Waals surface area contributed by atoms with Gasteiger partial charge in [0, 0.05) is 6.21 Å². The molecule has 0 spiro atoms. The van der Waals surface area contributed by atoms with Crippen molar-refractivity contribution < 1.29 is 0 Å². The second kappa shape index (κ2) is 7.14. The van der Waals surface area contributed by atoms with E-state index in [9.17, 15) is 0 Å². The van der Waals surface area contributed by atoms with Crippen molar-refractivity contribution in [3.05, 3.63) is 120 Å². The molecular formula is C24H19N. The Bertz CT molecular complexity index is 983. The summed E-state index contributed by atoms with van der Waals surface area (Å²) in [6, 6.07) is 35.7. The summed E-state index contributed by atoms with van der Waals surface area (Å²) in [5, 5.41) is 2.50. The Labute approximate surface area is 148 Å². The Kier molecular flexibility index (Phi) is 4.38. The van der Waals surface area contributed by atoms with Crippen LogP contribution in [0.2, 0.25) is 0 Å². The zero-order valence-electron chi connectivity index (χ0n) is 13.9. The third-order valence-electron chi connectivity index (χ3n) is 4.41. The third kappa shape index (κ3) is 3.36. The van der Waals surface area contributed by atoms with Crippen LogP contribution in [0.4, 0.5) is 0 Å². The lowest BCUT2D eigenvalue weighted by Gasteiger charge is -2.16. The summed E-state index contributed by atoms with van der Waals surface area (Å²) in [4.78, 5) is 4.96. The van der Waals surface area contributed by atoms with Gasteiger partial charge in [-0.15, -0.1) is 0 Å². The van der Waals surface area contributed by atoms with E-state index in [0.717, 1.165) is 5.56 Å². The first-order chi connectivity index (χ1) is 12.4. The minimum atomic E-state index is -0.0208. The Morgan fingerprint density at radius 2 is 1.24 bits per heavy atom. The molecule has 0 saturated carbocycles. The lowest BCUT2D eigenvalue weighted by molar-refractivity contribution is 0.887. The maximum Gasteiger partial charge on any atom is 0.101 e. The highest BCUT2D eigenvalue weighted by Crippen LogP contribution is 2.31. The third-order valence-corrected chi connectivity index (χ3v) is 4.41. The maximum atomic E-state index is 4.96. The fraction of sp³-hybridized carbons (Fsp3) is 0.0417. The molecular weight excluding hydrogens is 302 g/mol. The second-order valence-electron chi connectivity index (χ2n) is 6.07. The zero-order valence-corrected chi connectivity index (χ0v) is 13.9. The van der Waals surface area contributed by atoms with Crippen molar-refractivity contribution in [3.8, 4) is 0 Å². The highest BCUT2D eigenvalue weighted by molar-refractivity contribution is 5.87. The molecule has 0 heterocycles. The van der Waals surface area contributed by atoms with Crippen LogP contribution in [0.3, 0.4) is 0 Å². The molecule has 0 radical (unpaired) electrons. The average molecular weight is 321 g/mol. The fourth-order valence-corrected chi connectivity index (χ4v) is 3.17. The van der Waals surface area contributed by atoms with Gasteiger partial charge in [-0.25, -0.2) is 0 Å². The Morgan fingerprint density at radius 3 is 2.04 bits per heavy atom. The van der Waals surface area contributed by atoms with Gasteiger partial charge >= 0.3 is 0 Å². The fourth-order valence-electron chi connectivity index (χ4n) is 3.17. The average Bonchev–Trinajstić information content (AvgIpc) is 2.70. The van der Waals surface area contributed by atoms with Gasteiger partial charge in [-0.2, -0.15) is 0 Å². The molecule has 120 valence electrons. The van der Waals surface area contributed by atoms with Crippen LogP contribution in [0.1, 0.15) is 22.7 Å². The van der Waals surface area contributed by atoms with Crippen molar-refractivity contribution >= 4 is 17.0 Å². The molecule has 0 aliphatic rings. The maximum absolute atomic E-state index is 4.96. The summed E-state index contributed by atoms with van der Waals surface area (Å²) in [5.74, 6) is 0. The van der Waals surface area contributed by atoms with E-state index in [4.69, 9.17) is 4.99 Å². The summed E-state index contributed by atoms with van der Waals surface area (Å²) in [7, 11) is 0. The monoisotopic (exact) mass is 321 g/mol. The molecule has 4 rings (SSSR count). The largest absolute Gasteiger partial charge is 0.280 e. The lowest BCUT2D eigenvalue weighted by Crippen LogP contribution is -2.00. The predicted octanol–water partition coefficient (Wildman–Crippen LogP) is 6.05. The van der Waals surface area contributed by atoms with Crippen LogP contribution in [0, 0.1) is 0 Å². The molecule has 0 aliphatic heterocycles. The van der Waals surface area contributed by atoms with Crippen molar-refractivity contribution in [1.29, 1.82) is 0 Å². The van der Waals surface area contributed by atoms with E-state index >= 15 is 0 Å². The molecule has 0 bridgehead atoms. The Hall–Kier alpha value is -3.19. The molecule has 25 heavy (non-hydrogen) atoms. The zero-order chi connectivity index (χ0) is 16.9. The van der Waals surface area contributed by atoms with E-state index in [2.05, 4.69) is 78.9 Å². The first kappa shape index (κ1) is 15.3. The molecule has 1 atom stereocenters. The number of aliphatic imine (C=N–C) groups is 1. The molecule has 4 aromatic carbocycles. The lowest BCUT2D eigenvalue weighted by atomic mass is 9.94. The Balaban J connectivity index is 1.84. The van der Waals surface area contributed by atoms with Crippen molar-refractivity contribution in [2.75, 3.05) is 0 Å². The molecule has 0 fully saturated rings. The summed E-state index contributed by atoms with van der Waals surface area (Å²) < 4.78 is 0. The first-order valence-electron chi connectivity index (χ1n) is 8.53. The predicted molar refractivity (Wildman–Crippen MR) is 106 cm³/mol. The van der Waals surface area contributed by atoms with E-state index in [1.165, 1.54) is 21.9 Å². The van der Waals surface area contributed by atoms with E-state index in [1.54, 1.807) is 0 Å². The first-order valence-corrected chi connectivity index (χ1v) is 8.53. The second-order valence-corrected chi connectivity index (χ2v) is 6.07. The van der Waals surface area contributed by atoms with Crippen molar-refractivity contribution in [1.82, 2.24) is 0 Å². The van der Waals surface area contributed by atoms with E-state index in [0.29, 0.717) is 0 Å². The molecule has 0 amide bonds. The van der Waals surface area contributed by atoms with E-state index in [1.807, 2.05) is 30.5 Å². The van der Waals surface area contributed by atoms with Gasteiger partial charge in [0.2, 0.25) is 0 Å². The van der Waals surface area contributed by atoms with Crippen molar-refractivity contribution in [2.45, 2.75) is 6.04 Å². The minimum Gasteiger partial charge on any atom is -0.280 e. The van der Waals surface area contributed by atoms with Crippen LogP contribution in [0.15, 0.2) is 108 Å². The number of benzene rings is 4. The standard InChI is InChI=1S/C24H19N/c1-3-10-19(11-4-1)18-25-24(21-13-5-2-6-14-21)23-17-9-15-20-12-7-8-16-22(20)23/h1-18,24H/t24-/m0/s1. The van der Waals surface area contributed by atoms with Crippen LogP contribution < -0.4 is 0 Å². The number of nitrogens with zero attached hydrogens (tertiary/aromatic N) is 1. The minimum absolute atomic E-state index is 0.0208. The van der Waals surface area contributed by atoms with Crippen molar-refractivity contribution in [3.63, 3.8) is 0 Å². The molecule has 1 nitrogen and oxygen atoms in total. The van der Waals surface area contributed by atoms with Gasteiger partial charge in [0.05, 0.1) is 0 Å². The number of fused-ring (bicyclic) bond motifs is 1. The molecule has 1 heteroatoms. The molecule has 0 aliphatic carbocycles. The molecule has 0 unspecified atom stereocenters. The highest BCUT2D eigenvalue weighted by atomic mass is 14.8. The van der Waals surface area contributed by atoms with Gasteiger partial charge in [0.15, 0.2) is 0 Å². The normalized spacial score (nSPS) is 12.5. The van der Waals surface area contributed by atoms with Crippen LogP contribution >= 0.6 is 0 Å². The molecule has 0 aromatic heterocycles. The van der Waals surface area contributed by atoms with Gasteiger partial charge in [0.1, 0.15) is 6.04 Å². The topological polar surface area (TPSA) is 12.4 Å². The number of rotatable bonds is 4. The van der Waals surface area contributed by atoms with Crippen LogP contribution in [-0.4, -0.2) is 6.21 Å². The smallest absolute Gasteiger partial charge is 0.101 e. The van der Waals surface area contributed by atoms with Gasteiger partial charge in [-0.05, 0) is 27.5 Å². The van der Waals surface area contributed by atoms with E-state index in [-0.39, 0.29) is 6.04 Å². The van der Waals surface area contributed by atoms with Gasteiger partial charge in [-0.1, -0.05) is 103 Å². The van der Waals surface area contributed by atoms with E-state index < -0.39 is 0 Å². The Morgan fingerprint density at radius 1 is 0.600 bits per heavy atom. The van der Waals surface area contributed by atoms with Gasteiger partial charge in [-0.3, -0.25) is 4.99 Å². The summed E-state index contributed by atoms with van der Waals surface area (Å²) >= 11 is 0. The summed E-state index contributed by atoms with van der Waals surface area (Å²) in [6.07, 6.45) is 1.97. The van der Waals surface area contributed by atoms with Crippen LogP contribution in [-0.2, 0) is 0 Å². The SMILES string of the molecule is C(=N[C@@H](c1ccccc1)c1cccc2ccccc12)c1ccccc1. The summed E-state index contributed by atoms with van der Waals surface area (Å²) in [6.45, 7) is 0. The number of hydrogen-bond donors (Lipinski definition) is 0.